The smallest absolute Gasteiger partial charge is 0.193 e. The zero-order chi connectivity index (χ0) is 21.0. The summed E-state index contributed by atoms with van der Waals surface area (Å²) in [5.74, 6) is 0.0383. The third-order valence-corrected chi connectivity index (χ3v) is 5.65. The summed E-state index contributed by atoms with van der Waals surface area (Å²) in [6, 6.07) is 38.1. The molecule has 0 saturated heterocycles. The number of hydrogen-bond acceptors (Lipinski definition) is 2. The van der Waals surface area contributed by atoms with Gasteiger partial charge in [0.2, 0.25) is 0 Å². The van der Waals surface area contributed by atoms with Crippen LogP contribution in [0.5, 0.6) is 0 Å². The van der Waals surface area contributed by atoms with Crippen LogP contribution in [0.1, 0.15) is 38.7 Å². The lowest BCUT2D eigenvalue weighted by Crippen LogP contribution is -2.09. The number of rotatable bonds is 5. The van der Waals surface area contributed by atoms with Crippen molar-refractivity contribution in [1.82, 2.24) is 0 Å². The molecule has 1 aliphatic carbocycles. The molecule has 150 valence electrons. The fraction of sp³-hybridized carbons (Fsp3) is 0.0690. The third kappa shape index (κ3) is 3.74. The highest BCUT2D eigenvalue weighted by molar-refractivity contribution is 6.19. The molecular weight excluding hydrogens is 380 g/mol. The summed E-state index contributed by atoms with van der Waals surface area (Å²) in [6.45, 7) is 0.438. The summed E-state index contributed by atoms with van der Waals surface area (Å²) >= 11 is 0. The number of fused-ring (bicyclic) bond motifs is 1. The number of ether oxygens (including phenoxy) is 1. The molecule has 0 amide bonds. The first-order chi connectivity index (χ1) is 15.3. The quantitative estimate of drug-likeness (QED) is 0.350. The van der Waals surface area contributed by atoms with Crippen LogP contribution in [0.3, 0.4) is 0 Å². The fourth-order valence-corrected chi connectivity index (χ4v) is 4.21. The van der Waals surface area contributed by atoms with Crippen LogP contribution in [0.2, 0.25) is 0 Å². The molecule has 1 atom stereocenters. The average Bonchev–Trinajstić information content (AvgIpc) is 3.12. The van der Waals surface area contributed by atoms with Crippen LogP contribution < -0.4 is 0 Å². The molecule has 4 aromatic carbocycles. The van der Waals surface area contributed by atoms with Gasteiger partial charge in [0.15, 0.2) is 5.78 Å². The Morgan fingerprint density at radius 3 is 1.77 bits per heavy atom. The van der Waals surface area contributed by atoms with Gasteiger partial charge < -0.3 is 4.74 Å². The molecule has 31 heavy (non-hydrogen) atoms. The molecule has 0 aliphatic heterocycles. The summed E-state index contributed by atoms with van der Waals surface area (Å²) in [5.41, 5.74) is 6.40. The van der Waals surface area contributed by atoms with Crippen molar-refractivity contribution in [3.63, 3.8) is 0 Å². The molecule has 2 heteroatoms. The Hall–Kier alpha value is -3.75. The summed E-state index contributed by atoms with van der Waals surface area (Å²) in [4.78, 5) is 13.7. The largest absolute Gasteiger partial charge is 0.364 e. The Bertz CT molecular complexity index is 1180. The second-order valence-electron chi connectivity index (χ2n) is 7.61. The van der Waals surface area contributed by atoms with Gasteiger partial charge in [0, 0.05) is 11.1 Å². The predicted molar refractivity (Wildman–Crippen MR) is 124 cm³/mol. The Morgan fingerprint density at radius 1 is 0.645 bits per heavy atom. The highest BCUT2D eigenvalue weighted by Gasteiger charge is 2.38. The Kier molecular flexibility index (Phi) is 5.30. The van der Waals surface area contributed by atoms with Crippen LogP contribution in [0.15, 0.2) is 121 Å². The van der Waals surface area contributed by atoms with E-state index in [0.29, 0.717) is 12.2 Å². The van der Waals surface area contributed by atoms with E-state index in [0.717, 1.165) is 33.4 Å². The molecule has 0 saturated carbocycles. The minimum atomic E-state index is -0.417. The lowest BCUT2D eigenvalue weighted by Gasteiger charge is -2.19. The molecule has 0 fully saturated rings. The molecule has 0 unspecified atom stereocenters. The highest BCUT2D eigenvalue weighted by Crippen LogP contribution is 2.44. The van der Waals surface area contributed by atoms with E-state index in [-0.39, 0.29) is 5.78 Å². The molecule has 4 aromatic rings. The van der Waals surface area contributed by atoms with Gasteiger partial charge in [-0.3, -0.25) is 4.79 Å². The normalized spacial score (nSPS) is 15.0. The maximum atomic E-state index is 13.7. The van der Waals surface area contributed by atoms with E-state index in [9.17, 15) is 4.79 Å². The van der Waals surface area contributed by atoms with Crippen molar-refractivity contribution in [3.8, 4) is 0 Å². The SMILES string of the molecule is O=C1C(=C(c2ccccc2)c2ccccc2)[C@H](OCc2ccccc2)c2ccccc21. The van der Waals surface area contributed by atoms with Crippen LogP contribution in [0.25, 0.3) is 5.57 Å². The van der Waals surface area contributed by atoms with Gasteiger partial charge in [0.1, 0.15) is 6.10 Å². The number of benzene rings is 4. The molecule has 0 N–H and O–H groups in total. The number of Topliss-reactive ketones (excluding diaryl/α,β-unsaturated/α-hetero) is 1. The van der Waals surface area contributed by atoms with Crippen LogP contribution in [0, 0.1) is 0 Å². The van der Waals surface area contributed by atoms with Gasteiger partial charge in [-0.25, -0.2) is 0 Å². The first kappa shape index (κ1) is 19.2. The lowest BCUT2D eigenvalue weighted by molar-refractivity contribution is 0.0649. The minimum Gasteiger partial charge on any atom is -0.364 e. The van der Waals surface area contributed by atoms with Crippen molar-refractivity contribution in [3.05, 3.63) is 149 Å². The Balaban J connectivity index is 1.69. The van der Waals surface area contributed by atoms with Crippen LogP contribution in [-0.4, -0.2) is 5.78 Å². The molecule has 0 heterocycles. The van der Waals surface area contributed by atoms with Crippen LogP contribution in [-0.2, 0) is 11.3 Å². The van der Waals surface area contributed by atoms with E-state index < -0.39 is 6.10 Å². The van der Waals surface area contributed by atoms with Gasteiger partial charge in [0.05, 0.1) is 6.61 Å². The molecule has 0 bridgehead atoms. The first-order valence-electron chi connectivity index (χ1n) is 10.5. The predicted octanol–water partition coefficient (Wildman–Crippen LogP) is 6.64. The topological polar surface area (TPSA) is 26.3 Å². The second kappa shape index (κ2) is 8.55. The van der Waals surface area contributed by atoms with Gasteiger partial charge in [-0.2, -0.15) is 0 Å². The summed E-state index contributed by atoms with van der Waals surface area (Å²) < 4.78 is 6.44. The van der Waals surface area contributed by atoms with E-state index in [2.05, 4.69) is 24.3 Å². The Labute approximate surface area is 182 Å². The number of hydrogen-bond donors (Lipinski definition) is 0. The van der Waals surface area contributed by atoms with Crippen molar-refractivity contribution in [2.45, 2.75) is 12.7 Å². The van der Waals surface area contributed by atoms with Gasteiger partial charge >= 0.3 is 0 Å². The standard InChI is InChI=1S/C29H22O2/c30-28-24-18-10-11-19-25(24)29(31-20-21-12-4-1-5-13-21)27(28)26(22-14-6-2-7-15-22)23-16-8-3-9-17-23/h1-19,29H,20H2/t29-/m1/s1. The van der Waals surface area contributed by atoms with Gasteiger partial charge in [-0.15, -0.1) is 0 Å². The zero-order valence-electron chi connectivity index (χ0n) is 17.1. The highest BCUT2D eigenvalue weighted by atomic mass is 16.5. The van der Waals surface area contributed by atoms with Crippen molar-refractivity contribution in [2.24, 2.45) is 0 Å². The molecular formula is C29H22O2. The average molecular weight is 402 g/mol. The van der Waals surface area contributed by atoms with Crippen LogP contribution >= 0.6 is 0 Å². The van der Waals surface area contributed by atoms with Crippen molar-refractivity contribution in [2.75, 3.05) is 0 Å². The summed E-state index contributed by atoms with van der Waals surface area (Å²) in [7, 11) is 0. The molecule has 1 aliphatic rings. The van der Waals surface area contributed by atoms with E-state index in [1.165, 1.54) is 0 Å². The zero-order valence-corrected chi connectivity index (χ0v) is 17.1. The molecule has 5 rings (SSSR count). The minimum absolute atomic E-state index is 0.0383. The molecule has 0 aromatic heterocycles. The summed E-state index contributed by atoms with van der Waals surface area (Å²) in [6.07, 6.45) is -0.417. The monoisotopic (exact) mass is 402 g/mol. The number of carbonyl (C=O) groups excluding carboxylic acids is 1. The maximum Gasteiger partial charge on any atom is 0.193 e. The van der Waals surface area contributed by atoms with Crippen molar-refractivity contribution < 1.29 is 9.53 Å². The van der Waals surface area contributed by atoms with E-state index in [1.807, 2.05) is 91.0 Å². The van der Waals surface area contributed by atoms with E-state index in [1.54, 1.807) is 0 Å². The van der Waals surface area contributed by atoms with E-state index in [4.69, 9.17) is 4.74 Å². The second-order valence-corrected chi connectivity index (χ2v) is 7.61. The van der Waals surface area contributed by atoms with Gasteiger partial charge in [-0.1, -0.05) is 115 Å². The summed E-state index contributed by atoms with van der Waals surface area (Å²) in [5, 5.41) is 0. The number of ketones is 1. The van der Waals surface area contributed by atoms with Crippen molar-refractivity contribution >= 4 is 11.4 Å². The fourth-order valence-electron chi connectivity index (χ4n) is 4.21. The third-order valence-electron chi connectivity index (χ3n) is 5.65. The van der Waals surface area contributed by atoms with Crippen LogP contribution in [0.4, 0.5) is 0 Å². The molecule has 0 radical (unpaired) electrons. The first-order valence-corrected chi connectivity index (χ1v) is 10.5. The lowest BCUT2D eigenvalue weighted by atomic mass is 9.90. The van der Waals surface area contributed by atoms with Crippen molar-refractivity contribution in [1.29, 1.82) is 0 Å². The van der Waals surface area contributed by atoms with E-state index >= 15 is 0 Å². The van der Waals surface area contributed by atoms with Gasteiger partial charge in [-0.05, 0) is 27.8 Å². The van der Waals surface area contributed by atoms with Gasteiger partial charge in [0.25, 0.3) is 0 Å². The molecule has 0 spiro atoms. The Morgan fingerprint density at radius 2 is 1.16 bits per heavy atom. The maximum absolute atomic E-state index is 13.7. The number of carbonyl (C=O) groups is 1. The molecule has 2 nitrogen and oxygen atoms in total.